The van der Waals surface area contributed by atoms with Gasteiger partial charge in [-0.15, -0.1) is 0 Å². The molecule has 0 heterocycles. The molecule has 0 amide bonds. The SMILES string of the molecule is CC1(C)c2c(cc3cccc4c3c2C=CC4)-c2cc3ccccc3c3cccc1c23. The highest BCUT2D eigenvalue weighted by molar-refractivity contribution is 6.18. The Morgan fingerprint density at radius 3 is 2.40 bits per heavy atom. The summed E-state index contributed by atoms with van der Waals surface area (Å²) >= 11 is 0. The zero-order chi connectivity index (χ0) is 20.0. The van der Waals surface area contributed by atoms with Crippen LogP contribution in [0, 0.1) is 0 Å². The van der Waals surface area contributed by atoms with Crippen molar-refractivity contribution in [3.05, 3.63) is 101 Å². The van der Waals surface area contributed by atoms with Gasteiger partial charge in [-0.1, -0.05) is 86.7 Å². The van der Waals surface area contributed by atoms with E-state index in [4.69, 9.17) is 0 Å². The first-order valence-electron chi connectivity index (χ1n) is 10.9. The minimum Gasteiger partial charge on any atom is -0.0795 e. The average molecular weight is 383 g/mol. The Labute approximate surface area is 176 Å². The predicted octanol–water partition coefficient (Wildman–Crippen LogP) is 8.02. The Bertz CT molecular complexity index is 1580. The third kappa shape index (κ3) is 1.87. The van der Waals surface area contributed by atoms with Crippen LogP contribution >= 0.6 is 0 Å². The molecule has 5 aromatic carbocycles. The van der Waals surface area contributed by atoms with Crippen LogP contribution in [0.4, 0.5) is 0 Å². The van der Waals surface area contributed by atoms with Gasteiger partial charge < -0.3 is 0 Å². The summed E-state index contributed by atoms with van der Waals surface area (Å²) in [5.41, 5.74) is 8.53. The topological polar surface area (TPSA) is 0 Å². The Morgan fingerprint density at radius 1 is 0.700 bits per heavy atom. The number of allylic oxidation sites excluding steroid dienone is 1. The molecule has 0 nitrogen and oxygen atoms in total. The Kier molecular flexibility index (Phi) is 2.96. The van der Waals surface area contributed by atoms with Crippen LogP contribution in [-0.2, 0) is 11.8 Å². The molecule has 7 rings (SSSR count). The first-order chi connectivity index (χ1) is 14.6. The second-order valence-corrected chi connectivity index (χ2v) is 9.33. The summed E-state index contributed by atoms with van der Waals surface area (Å²) in [6.07, 6.45) is 5.74. The number of fused-ring (bicyclic) bond motifs is 5. The van der Waals surface area contributed by atoms with Gasteiger partial charge in [-0.25, -0.2) is 0 Å². The largest absolute Gasteiger partial charge is 0.0795 e. The number of hydrogen-bond acceptors (Lipinski definition) is 0. The smallest absolute Gasteiger partial charge is 0.0165 e. The minimum absolute atomic E-state index is 0.0530. The summed E-state index contributed by atoms with van der Waals surface area (Å²) in [6, 6.07) is 27.4. The zero-order valence-corrected chi connectivity index (χ0v) is 17.3. The van der Waals surface area contributed by atoms with Crippen LogP contribution in [0.25, 0.3) is 49.5 Å². The van der Waals surface area contributed by atoms with E-state index in [1.54, 1.807) is 0 Å². The molecule has 0 saturated heterocycles. The van der Waals surface area contributed by atoms with E-state index in [2.05, 4.69) is 98.8 Å². The monoisotopic (exact) mass is 382 g/mol. The van der Waals surface area contributed by atoms with E-state index in [1.807, 2.05) is 0 Å². The third-order valence-electron chi connectivity index (χ3n) is 7.39. The average Bonchev–Trinajstić information content (AvgIpc) is 2.77. The molecule has 0 fully saturated rings. The summed E-state index contributed by atoms with van der Waals surface area (Å²) < 4.78 is 0. The lowest BCUT2D eigenvalue weighted by Gasteiger charge is -2.38. The standard InChI is InChI=1S/C30H22/c1-30(2)26-15-7-13-22-21-12-4-3-8-19(21)16-24(28(22)26)25-17-20-11-5-9-18-10-6-14-23(27(18)20)29(25)30/h3-9,11-17H,10H2,1-2H3. The van der Waals surface area contributed by atoms with Crippen LogP contribution in [-0.4, -0.2) is 0 Å². The van der Waals surface area contributed by atoms with Gasteiger partial charge in [0.25, 0.3) is 0 Å². The fraction of sp³-hybridized carbons (Fsp3) is 0.133. The maximum Gasteiger partial charge on any atom is 0.0165 e. The van der Waals surface area contributed by atoms with Crippen molar-refractivity contribution >= 4 is 38.4 Å². The van der Waals surface area contributed by atoms with Crippen molar-refractivity contribution < 1.29 is 0 Å². The number of benzene rings is 5. The van der Waals surface area contributed by atoms with E-state index in [1.165, 1.54) is 65.7 Å². The quantitative estimate of drug-likeness (QED) is 0.238. The minimum atomic E-state index is -0.0530. The van der Waals surface area contributed by atoms with E-state index < -0.39 is 0 Å². The van der Waals surface area contributed by atoms with Gasteiger partial charge in [0.1, 0.15) is 0 Å². The summed E-state index contributed by atoms with van der Waals surface area (Å²) in [5, 5.41) is 8.28. The molecule has 0 N–H and O–H groups in total. The van der Waals surface area contributed by atoms with Gasteiger partial charge in [-0.3, -0.25) is 0 Å². The molecule has 0 radical (unpaired) electrons. The Morgan fingerprint density at radius 2 is 1.47 bits per heavy atom. The van der Waals surface area contributed by atoms with Crippen molar-refractivity contribution in [2.45, 2.75) is 25.7 Å². The van der Waals surface area contributed by atoms with Crippen molar-refractivity contribution in [2.24, 2.45) is 0 Å². The van der Waals surface area contributed by atoms with Crippen LogP contribution in [0.3, 0.4) is 0 Å². The Hall–Kier alpha value is -3.38. The van der Waals surface area contributed by atoms with Crippen molar-refractivity contribution in [1.82, 2.24) is 0 Å². The molecule has 0 aliphatic heterocycles. The maximum absolute atomic E-state index is 2.46. The number of hydrogen-bond donors (Lipinski definition) is 0. The molecule has 0 aromatic heterocycles. The second-order valence-electron chi connectivity index (χ2n) is 9.33. The normalized spacial score (nSPS) is 15.7. The van der Waals surface area contributed by atoms with E-state index in [-0.39, 0.29) is 5.41 Å². The van der Waals surface area contributed by atoms with Crippen LogP contribution < -0.4 is 0 Å². The van der Waals surface area contributed by atoms with Crippen LogP contribution in [0.15, 0.2) is 78.9 Å². The highest BCUT2D eigenvalue weighted by Gasteiger charge is 2.36. The third-order valence-corrected chi connectivity index (χ3v) is 7.39. The number of rotatable bonds is 0. The van der Waals surface area contributed by atoms with E-state index in [0.29, 0.717) is 0 Å². The van der Waals surface area contributed by atoms with E-state index >= 15 is 0 Å². The highest BCUT2D eigenvalue weighted by atomic mass is 14.4. The lowest BCUT2D eigenvalue weighted by atomic mass is 9.65. The predicted molar refractivity (Wildman–Crippen MR) is 129 cm³/mol. The zero-order valence-electron chi connectivity index (χ0n) is 17.3. The summed E-state index contributed by atoms with van der Waals surface area (Å²) in [7, 11) is 0. The molecule has 0 atom stereocenters. The molecular weight excluding hydrogens is 360 g/mol. The van der Waals surface area contributed by atoms with Crippen molar-refractivity contribution in [2.75, 3.05) is 0 Å². The highest BCUT2D eigenvalue weighted by Crippen LogP contribution is 2.53. The molecule has 2 aliphatic rings. The van der Waals surface area contributed by atoms with Gasteiger partial charge in [0, 0.05) is 5.41 Å². The van der Waals surface area contributed by atoms with E-state index in [9.17, 15) is 0 Å². The maximum atomic E-state index is 2.46. The molecule has 5 aromatic rings. The lowest BCUT2D eigenvalue weighted by Crippen LogP contribution is -2.25. The fourth-order valence-electron chi connectivity index (χ4n) is 6.12. The van der Waals surface area contributed by atoms with Crippen LogP contribution in [0.2, 0.25) is 0 Å². The molecule has 0 spiro atoms. The molecule has 0 bridgehead atoms. The first kappa shape index (κ1) is 16.4. The summed E-state index contributed by atoms with van der Waals surface area (Å²) in [6.45, 7) is 4.82. The van der Waals surface area contributed by atoms with Gasteiger partial charge in [0.05, 0.1) is 0 Å². The summed E-state index contributed by atoms with van der Waals surface area (Å²) in [4.78, 5) is 0. The van der Waals surface area contributed by atoms with Crippen molar-refractivity contribution in [3.63, 3.8) is 0 Å². The summed E-state index contributed by atoms with van der Waals surface area (Å²) in [5.74, 6) is 0. The van der Waals surface area contributed by atoms with Gasteiger partial charge in [0.2, 0.25) is 0 Å². The van der Waals surface area contributed by atoms with E-state index in [0.717, 1.165) is 6.42 Å². The molecule has 0 heteroatoms. The van der Waals surface area contributed by atoms with Crippen molar-refractivity contribution in [1.29, 1.82) is 0 Å². The van der Waals surface area contributed by atoms with Crippen LogP contribution in [0.5, 0.6) is 0 Å². The molecular formula is C30H22. The molecule has 142 valence electrons. The lowest BCUT2D eigenvalue weighted by molar-refractivity contribution is 0.645. The molecule has 0 saturated carbocycles. The Balaban J connectivity index is 1.77. The molecule has 0 unspecified atom stereocenters. The van der Waals surface area contributed by atoms with Gasteiger partial charge in [-0.05, 0) is 84.3 Å². The van der Waals surface area contributed by atoms with Crippen LogP contribution in [0.1, 0.15) is 36.1 Å². The molecule has 30 heavy (non-hydrogen) atoms. The molecule has 2 aliphatic carbocycles. The fourth-order valence-corrected chi connectivity index (χ4v) is 6.12. The van der Waals surface area contributed by atoms with Gasteiger partial charge in [-0.2, -0.15) is 0 Å². The van der Waals surface area contributed by atoms with Gasteiger partial charge in [0.15, 0.2) is 0 Å². The second kappa shape index (κ2) is 5.40. The van der Waals surface area contributed by atoms with Crippen molar-refractivity contribution in [3.8, 4) is 11.1 Å². The first-order valence-corrected chi connectivity index (χ1v) is 10.9. The van der Waals surface area contributed by atoms with Gasteiger partial charge >= 0.3 is 0 Å².